The summed E-state index contributed by atoms with van der Waals surface area (Å²) in [6.07, 6.45) is 1.70. The van der Waals surface area contributed by atoms with Crippen molar-refractivity contribution in [3.8, 4) is 11.4 Å². The smallest absolute Gasteiger partial charge is 0.182 e. The Balaban J connectivity index is 2.26. The summed E-state index contributed by atoms with van der Waals surface area (Å²) in [5, 5.41) is 12.1. The zero-order valence-corrected chi connectivity index (χ0v) is 8.25. The molecule has 0 aliphatic heterocycles. The molecule has 5 heteroatoms. The van der Waals surface area contributed by atoms with E-state index in [1.807, 2.05) is 0 Å². The molecule has 2 heterocycles. The van der Waals surface area contributed by atoms with Gasteiger partial charge >= 0.3 is 0 Å². The normalized spacial score (nSPS) is 13.1. The molecule has 2 rings (SSSR count). The van der Waals surface area contributed by atoms with Crippen LogP contribution in [-0.2, 0) is 0 Å². The molecule has 16 heavy (non-hydrogen) atoms. The molecular formula is C11H9FN2O2. The van der Waals surface area contributed by atoms with Crippen LogP contribution >= 0.6 is 0 Å². The second-order valence-electron chi connectivity index (χ2n) is 3.07. The summed E-state index contributed by atoms with van der Waals surface area (Å²) in [5.41, 5.74) is 1.07. The van der Waals surface area contributed by atoms with Crippen LogP contribution in [-0.4, -0.2) is 15.2 Å². The first-order chi connectivity index (χ1) is 7.81. The molecule has 0 aromatic carbocycles. The van der Waals surface area contributed by atoms with Crippen LogP contribution in [0.5, 0.6) is 0 Å². The Morgan fingerprint density at radius 2 is 2.25 bits per heavy atom. The second kappa shape index (κ2) is 4.57. The molecule has 1 N–H and O–H groups in total. The van der Waals surface area contributed by atoms with Crippen molar-refractivity contribution in [2.45, 2.75) is 6.17 Å². The Kier molecular flexibility index (Phi) is 2.95. The van der Waals surface area contributed by atoms with Gasteiger partial charge in [0.2, 0.25) is 0 Å². The van der Waals surface area contributed by atoms with E-state index in [0.29, 0.717) is 17.6 Å². The third-order valence-electron chi connectivity index (χ3n) is 1.98. The van der Waals surface area contributed by atoms with Crippen molar-refractivity contribution in [1.82, 2.24) is 10.1 Å². The van der Waals surface area contributed by atoms with E-state index in [9.17, 15) is 4.39 Å². The number of hydrogen-bond acceptors (Lipinski definition) is 4. The molecule has 0 fully saturated rings. The molecule has 2 aromatic heterocycles. The number of pyridine rings is 1. The zero-order valence-electron chi connectivity index (χ0n) is 8.25. The molecule has 0 aliphatic rings. The fourth-order valence-electron chi connectivity index (χ4n) is 1.22. The van der Waals surface area contributed by atoms with Crippen LogP contribution in [0.3, 0.4) is 0 Å². The molecule has 0 spiro atoms. The molecule has 1 unspecified atom stereocenters. The number of hydrogen-bond donors (Lipinski definition) is 1. The van der Waals surface area contributed by atoms with Gasteiger partial charge in [0.1, 0.15) is 5.69 Å². The number of halogens is 1. The lowest BCUT2D eigenvalue weighted by atomic mass is 10.2. The van der Waals surface area contributed by atoms with Crippen molar-refractivity contribution in [2.75, 3.05) is 0 Å². The highest BCUT2D eigenvalue weighted by Gasteiger charge is 2.14. The van der Waals surface area contributed by atoms with E-state index in [2.05, 4.69) is 10.1 Å². The van der Waals surface area contributed by atoms with E-state index in [4.69, 9.17) is 9.63 Å². The van der Waals surface area contributed by atoms with Crippen LogP contribution in [0.1, 0.15) is 11.9 Å². The van der Waals surface area contributed by atoms with Gasteiger partial charge in [0.05, 0.1) is 12.0 Å². The molecular weight excluding hydrogens is 211 g/mol. The van der Waals surface area contributed by atoms with E-state index in [0.717, 1.165) is 6.08 Å². The lowest BCUT2D eigenvalue weighted by molar-refractivity contribution is 0.293. The molecule has 4 nitrogen and oxygen atoms in total. The maximum Gasteiger partial charge on any atom is 0.182 e. The number of aromatic nitrogens is 2. The number of nitrogens with zero attached hydrogens (tertiary/aromatic N) is 2. The maximum atomic E-state index is 13.3. The zero-order chi connectivity index (χ0) is 11.4. The molecule has 0 amide bonds. The van der Waals surface area contributed by atoms with Crippen molar-refractivity contribution in [1.29, 1.82) is 0 Å². The highest BCUT2D eigenvalue weighted by Crippen LogP contribution is 2.23. The van der Waals surface area contributed by atoms with Gasteiger partial charge in [0.25, 0.3) is 0 Å². The number of aliphatic hydroxyl groups excluding tert-OH is 1. The summed E-state index contributed by atoms with van der Waals surface area (Å²) < 4.78 is 18.1. The number of rotatable bonds is 3. The minimum atomic E-state index is -1.50. The minimum Gasteiger partial charge on any atom is -0.516 e. The highest BCUT2D eigenvalue weighted by atomic mass is 19.1. The van der Waals surface area contributed by atoms with E-state index in [1.54, 1.807) is 24.4 Å². The van der Waals surface area contributed by atoms with Crippen molar-refractivity contribution in [2.24, 2.45) is 0 Å². The highest BCUT2D eigenvalue weighted by molar-refractivity contribution is 5.53. The van der Waals surface area contributed by atoms with E-state index in [1.165, 1.54) is 6.07 Å². The molecule has 0 saturated carbocycles. The monoisotopic (exact) mass is 220 g/mol. The van der Waals surface area contributed by atoms with Gasteiger partial charge in [-0.3, -0.25) is 4.98 Å². The predicted molar refractivity (Wildman–Crippen MR) is 55.4 cm³/mol. The summed E-state index contributed by atoms with van der Waals surface area (Å²) in [6, 6.07) is 6.78. The predicted octanol–water partition coefficient (Wildman–Crippen LogP) is 2.82. The van der Waals surface area contributed by atoms with Gasteiger partial charge in [-0.05, 0) is 18.2 Å². The van der Waals surface area contributed by atoms with Crippen molar-refractivity contribution < 1.29 is 14.0 Å². The van der Waals surface area contributed by atoms with Gasteiger partial charge in [0, 0.05) is 12.3 Å². The molecule has 1 atom stereocenters. The van der Waals surface area contributed by atoms with Crippen molar-refractivity contribution in [3.05, 3.63) is 48.6 Å². The SMILES string of the molecule is O/C=C\C(F)c1cc(-c2ccccn2)no1. The largest absolute Gasteiger partial charge is 0.516 e. The Morgan fingerprint density at radius 3 is 2.94 bits per heavy atom. The number of aliphatic hydroxyl groups is 1. The lowest BCUT2D eigenvalue weighted by Crippen LogP contribution is -1.83. The second-order valence-corrected chi connectivity index (χ2v) is 3.07. The molecule has 82 valence electrons. The van der Waals surface area contributed by atoms with Gasteiger partial charge in [-0.1, -0.05) is 11.2 Å². The fourth-order valence-corrected chi connectivity index (χ4v) is 1.22. The summed E-state index contributed by atoms with van der Waals surface area (Å²) in [7, 11) is 0. The van der Waals surface area contributed by atoms with Crippen molar-refractivity contribution >= 4 is 0 Å². The van der Waals surface area contributed by atoms with Crippen LogP contribution in [0.2, 0.25) is 0 Å². The Morgan fingerprint density at radius 1 is 1.38 bits per heavy atom. The summed E-state index contributed by atoms with van der Waals surface area (Å²) >= 11 is 0. The summed E-state index contributed by atoms with van der Waals surface area (Å²) in [5.74, 6) is 0.0333. The van der Waals surface area contributed by atoms with Crippen LogP contribution in [0.25, 0.3) is 11.4 Å². The van der Waals surface area contributed by atoms with E-state index >= 15 is 0 Å². The average Bonchev–Trinajstić information content (AvgIpc) is 2.80. The number of alkyl halides is 1. The fraction of sp³-hybridized carbons (Fsp3) is 0.0909. The van der Waals surface area contributed by atoms with Crippen LogP contribution in [0.4, 0.5) is 4.39 Å². The van der Waals surface area contributed by atoms with Crippen molar-refractivity contribution in [3.63, 3.8) is 0 Å². The van der Waals surface area contributed by atoms with E-state index < -0.39 is 6.17 Å². The number of allylic oxidation sites excluding steroid dienone is 1. The Labute approximate surface area is 91.0 Å². The first-order valence-electron chi connectivity index (χ1n) is 4.64. The Bertz CT molecular complexity index is 482. The van der Waals surface area contributed by atoms with Crippen LogP contribution in [0, 0.1) is 0 Å². The van der Waals surface area contributed by atoms with Gasteiger partial charge in [-0.15, -0.1) is 0 Å². The van der Waals surface area contributed by atoms with Crippen LogP contribution in [0.15, 0.2) is 47.3 Å². The summed E-state index contributed by atoms with van der Waals surface area (Å²) in [6.45, 7) is 0. The maximum absolute atomic E-state index is 13.3. The minimum absolute atomic E-state index is 0.0333. The molecule has 0 saturated heterocycles. The van der Waals surface area contributed by atoms with Crippen LogP contribution < -0.4 is 0 Å². The quantitative estimate of drug-likeness (QED) is 0.808. The Hall–Kier alpha value is -2.17. The third-order valence-corrected chi connectivity index (χ3v) is 1.98. The average molecular weight is 220 g/mol. The lowest BCUT2D eigenvalue weighted by Gasteiger charge is -1.93. The van der Waals surface area contributed by atoms with Gasteiger partial charge < -0.3 is 9.63 Å². The van der Waals surface area contributed by atoms with Gasteiger partial charge in [0.15, 0.2) is 11.9 Å². The first kappa shape index (κ1) is 10.4. The first-order valence-corrected chi connectivity index (χ1v) is 4.64. The van der Waals surface area contributed by atoms with E-state index in [-0.39, 0.29) is 5.76 Å². The molecule has 0 radical (unpaired) electrons. The van der Waals surface area contributed by atoms with Gasteiger partial charge in [-0.25, -0.2) is 4.39 Å². The topological polar surface area (TPSA) is 59.2 Å². The third kappa shape index (κ3) is 2.08. The standard InChI is InChI=1S/C11H9FN2O2/c12-8(4-6-15)11-7-10(14-16-11)9-3-1-2-5-13-9/h1-8,15H/b6-4-. The molecule has 2 aromatic rings. The molecule has 0 aliphatic carbocycles. The summed E-state index contributed by atoms with van der Waals surface area (Å²) in [4.78, 5) is 4.06. The molecule has 0 bridgehead atoms. The van der Waals surface area contributed by atoms with Gasteiger partial charge in [-0.2, -0.15) is 0 Å².